The van der Waals surface area contributed by atoms with E-state index in [4.69, 9.17) is 9.47 Å². The number of fused-ring (bicyclic) bond motifs is 2. The lowest BCUT2D eigenvalue weighted by Crippen LogP contribution is -2.53. The quantitative estimate of drug-likeness (QED) is 0.643. The first kappa shape index (κ1) is 16.3. The highest BCUT2D eigenvalue weighted by molar-refractivity contribution is 8.04. The third-order valence-corrected chi connectivity index (χ3v) is 7.41. The summed E-state index contributed by atoms with van der Waals surface area (Å²) >= 11 is 1.34. The highest BCUT2D eigenvalue weighted by Crippen LogP contribution is 2.63. The maximum Gasteiger partial charge on any atom is 0.375 e. The molecule has 3 aliphatic heterocycles. The highest BCUT2D eigenvalue weighted by atomic mass is 32.2. The van der Waals surface area contributed by atoms with Crippen LogP contribution < -0.4 is 0 Å². The van der Waals surface area contributed by atoms with Crippen LogP contribution in [0.3, 0.4) is 0 Å². The van der Waals surface area contributed by atoms with E-state index in [2.05, 4.69) is 0 Å². The molecule has 0 aromatic heterocycles. The van der Waals surface area contributed by atoms with Gasteiger partial charge in [0.15, 0.2) is 5.60 Å². The average Bonchev–Trinajstić information content (AvgIpc) is 2.97. The Kier molecular flexibility index (Phi) is 3.84. The molecule has 6 nitrogen and oxygen atoms in total. The molecule has 2 saturated heterocycles. The lowest BCUT2D eigenvalue weighted by atomic mass is 9.64. The van der Waals surface area contributed by atoms with Crippen molar-refractivity contribution in [1.29, 1.82) is 0 Å². The molecule has 0 aromatic rings. The predicted molar refractivity (Wildman–Crippen MR) is 86.1 cm³/mol. The van der Waals surface area contributed by atoms with Crippen molar-refractivity contribution in [2.24, 2.45) is 11.8 Å². The zero-order valence-corrected chi connectivity index (χ0v) is 14.4. The molecule has 1 spiro atoms. The van der Waals surface area contributed by atoms with Gasteiger partial charge >= 0.3 is 11.9 Å². The van der Waals surface area contributed by atoms with E-state index in [-0.39, 0.29) is 41.3 Å². The number of cyclic esters (lactones) is 1. The predicted octanol–water partition coefficient (Wildman–Crippen LogP) is 2.06. The van der Waals surface area contributed by atoms with Crippen molar-refractivity contribution in [2.75, 3.05) is 0 Å². The van der Waals surface area contributed by atoms with Gasteiger partial charge in [-0.2, -0.15) is 0 Å². The molecule has 4 aliphatic rings. The van der Waals surface area contributed by atoms with E-state index >= 15 is 0 Å². The summed E-state index contributed by atoms with van der Waals surface area (Å²) < 4.78 is 11.1. The van der Waals surface area contributed by atoms with Crippen molar-refractivity contribution in [3.63, 3.8) is 0 Å². The van der Waals surface area contributed by atoms with E-state index in [0.29, 0.717) is 11.3 Å². The fourth-order valence-electron chi connectivity index (χ4n) is 4.81. The van der Waals surface area contributed by atoms with Crippen molar-refractivity contribution >= 4 is 23.7 Å². The second-order valence-electron chi connectivity index (χ2n) is 7.37. The SMILES string of the molecule is C[C@H]1CCCC[C@@H]2[C@@H](CC(=O)O1)[C@@H](O)[C@H]1C[C@]23OC(=O)C(O)=C3S1. The molecular formula is C17H22O6S. The van der Waals surface area contributed by atoms with Gasteiger partial charge in [-0.15, -0.1) is 11.8 Å². The molecule has 1 aliphatic carbocycles. The van der Waals surface area contributed by atoms with Crippen molar-refractivity contribution in [1.82, 2.24) is 0 Å². The van der Waals surface area contributed by atoms with E-state index in [1.807, 2.05) is 6.92 Å². The Balaban J connectivity index is 1.71. The average molecular weight is 354 g/mol. The van der Waals surface area contributed by atoms with E-state index in [0.717, 1.165) is 25.7 Å². The third-order valence-electron chi connectivity index (χ3n) is 5.89. The molecule has 0 aromatic carbocycles. The Bertz CT molecular complexity index is 616. The van der Waals surface area contributed by atoms with Crippen LogP contribution in [0.25, 0.3) is 0 Å². The summed E-state index contributed by atoms with van der Waals surface area (Å²) in [5, 5.41) is 20.7. The van der Waals surface area contributed by atoms with Crippen LogP contribution in [-0.2, 0) is 19.1 Å². The summed E-state index contributed by atoms with van der Waals surface area (Å²) in [6.07, 6.45) is 3.26. The minimum absolute atomic E-state index is 0.108. The Labute approximate surface area is 144 Å². The Morgan fingerprint density at radius 3 is 2.79 bits per heavy atom. The van der Waals surface area contributed by atoms with Crippen LogP contribution in [0.15, 0.2) is 10.7 Å². The van der Waals surface area contributed by atoms with Crippen molar-refractivity contribution in [2.45, 2.75) is 68.5 Å². The smallest absolute Gasteiger partial charge is 0.375 e. The van der Waals surface area contributed by atoms with E-state index in [1.54, 1.807) is 0 Å². The van der Waals surface area contributed by atoms with Gasteiger partial charge in [0.1, 0.15) is 0 Å². The van der Waals surface area contributed by atoms with Gasteiger partial charge in [0.05, 0.1) is 23.5 Å². The molecule has 132 valence electrons. The molecule has 2 N–H and O–H groups in total. The molecule has 0 radical (unpaired) electrons. The third kappa shape index (κ3) is 2.28. The van der Waals surface area contributed by atoms with E-state index in [9.17, 15) is 19.8 Å². The first-order chi connectivity index (χ1) is 11.4. The first-order valence-corrected chi connectivity index (χ1v) is 9.51. The zero-order valence-electron chi connectivity index (χ0n) is 13.6. The summed E-state index contributed by atoms with van der Waals surface area (Å²) in [5.41, 5.74) is -0.856. The number of aliphatic hydroxyl groups excluding tert-OH is 2. The van der Waals surface area contributed by atoms with Crippen molar-refractivity contribution in [3.05, 3.63) is 10.7 Å². The summed E-state index contributed by atoms with van der Waals surface area (Å²) in [7, 11) is 0. The normalized spacial score (nSPS) is 45.3. The van der Waals surface area contributed by atoms with Crippen LogP contribution in [0.1, 0.15) is 45.4 Å². The number of aliphatic hydroxyl groups is 2. The summed E-state index contributed by atoms with van der Waals surface area (Å²) in [5.74, 6) is -1.78. The summed E-state index contributed by atoms with van der Waals surface area (Å²) in [6.45, 7) is 1.89. The molecule has 3 heterocycles. The fraction of sp³-hybridized carbons (Fsp3) is 0.765. The lowest BCUT2D eigenvalue weighted by Gasteiger charge is -2.45. The zero-order chi connectivity index (χ0) is 17.1. The molecule has 24 heavy (non-hydrogen) atoms. The monoisotopic (exact) mass is 354 g/mol. The molecule has 3 fully saturated rings. The molecule has 6 atom stereocenters. The standard InChI is InChI=1S/C17H22O6S/c1-8-4-2-3-5-10-9(6-12(18)22-8)13(19)11-7-17(10)15(24-11)14(20)16(21)23-17/h8-11,13,19-20H,2-7H2,1H3/t8-,9+,10+,11+,13+,17-/m0/s1. The molecule has 7 heteroatoms. The van der Waals surface area contributed by atoms with Gasteiger partial charge in [0.25, 0.3) is 0 Å². The maximum absolute atomic E-state index is 12.3. The second kappa shape index (κ2) is 5.66. The van der Waals surface area contributed by atoms with Crippen LogP contribution in [0.5, 0.6) is 0 Å². The van der Waals surface area contributed by atoms with Gasteiger partial charge in [-0.3, -0.25) is 4.79 Å². The second-order valence-corrected chi connectivity index (χ2v) is 8.62. The van der Waals surface area contributed by atoms with Crippen LogP contribution in [-0.4, -0.2) is 45.2 Å². The van der Waals surface area contributed by atoms with Gasteiger partial charge in [0.2, 0.25) is 5.76 Å². The topological polar surface area (TPSA) is 93.1 Å². The van der Waals surface area contributed by atoms with Gasteiger partial charge in [-0.05, 0) is 26.2 Å². The van der Waals surface area contributed by atoms with Crippen molar-refractivity contribution < 1.29 is 29.3 Å². The number of hydrogen-bond acceptors (Lipinski definition) is 7. The van der Waals surface area contributed by atoms with Gasteiger partial charge < -0.3 is 19.7 Å². The molecular weight excluding hydrogens is 332 g/mol. The largest absolute Gasteiger partial charge is 0.501 e. The number of hydrogen-bond donors (Lipinski definition) is 2. The van der Waals surface area contributed by atoms with Crippen LogP contribution in [0.4, 0.5) is 0 Å². The van der Waals surface area contributed by atoms with Gasteiger partial charge in [-0.25, -0.2) is 4.79 Å². The minimum atomic E-state index is -0.856. The number of thioether (sulfide) groups is 1. The van der Waals surface area contributed by atoms with Crippen LogP contribution in [0, 0.1) is 11.8 Å². The lowest BCUT2D eigenvalue weighted by molar-refractivity contribution is -0.167. The Hall–Kier alpha value is -1.21. The molecule has 0 unspecified atom stereocenters. The molecule has 2 bridgehead atoms. The molecule has 1 saturated carbocycles. The number of carbonyl (C=O) groups excluding carboxylic acids is 2. The highest BCUT2D eigenvalue weighted by Gasteiger charge is 2.66. The van der Waals surface area contributed by atoms with Crippen LogP contribution in [0.2, 0.25) is 0 Å². The summed E-state index contributed by atoms with van der Waals surface area (Å²) in [4.78, 5) is 24.7. The number of ether oxygens (including phenoxy) is 2. The number of rotatable bonds is 0. The number of carbonyl (C=O) groups is 2. The molecule has 0 amide bonds. The van der Waals surface area contributed by atoms with Crippen molar-refractivity contribution in [3.8, 4) is 0 Å². The summed E-state index contributed by atoms with van der Waals surface area (Å²) in [6, 6.07) is 0. The van der Waals surface area contributed by atoms with E-state index < -0.39 is 17.7 Å². The minimum Gasteiger partial charge on any atom is -0.501 e. The Morgan fingerprint density at radius 1 is 1.25 bits per heavy atom. The van der Waals surface area contributed by atoms with Gasteiger partial charge in [-0.1, -0.05) is 6.42 Å². The molecule has 4 rings (SSSR count). The fourth-order valence-corrected chi connectivity index (χ4v) is 6.46. The Morgan fingerprint density at radius 2 is 2.00 bits per heavy atom. The van der Waals surface area contributed by atoms with E-state index in [1.165, 1.54) is 11.8 Å². The maximum atomic E-state index is 12.3. The first-order valence-electron chi connectivity index (χ1n) is 8.63. The number of esters is 2. The van der Waals surface area contributed by atoms with Gasteiger partial charge in [0, 0.05) is 23.5 Å². The van der Waals surface area contributed by atoms with Crippen LogP contribution >= 0.6 is 11.8 Å².